The Kier molecular flexibility index (Phi) is 5.09. The van der Waals surface area contributed by atoms with E-state index in [0.717, 1.165) is 17.0 Å². The molecule has 0 saturated carbocycles. The predicted molar refractivity (Wildman–Crippen MR) is 81.4 cm³/mol. The summed E-state index contributed by atoms with van der Waals surface area (Å²) in [7, 11) is -2.53. The minimum atomic E-state index is -3.75. The lowest BCUT2D eigenvalue weighted by atomic mass is 10.3. The molecule has 0 aliphatic heterocycles. The maximum Gasteiger partial charge on any atom is 0.349 e. The van der Waals surface area contributed by atoms with Crippen molar-refractivity contribution in [2.45, 2.75) is 18.2 Å². The van der Waals surface area contributed by atoms with Crippen molar-refractivity contribution in [2.75, 3.05) is 13.7 Å². The molecule has 9 heteroatoms. The number of thiazole rings is 1. The third-order valence-corrected chi connectivity index (χ3v) is 6.20. The minimum absolute atomic E-state index is 0.00220. The second-order valence-electron chi connectivity index (χ2n) is 4.20. The number of rotatable bonds is 6. The molecule has 6 nitrogen and oxygen atoms in total. The second kappa shape index (κ2) is 6.65. The number of aromatic nitrogens is 1. The van der Waals surface area contributed by atoms with Gasteiger partial charge in [-0.25, -0.2) is 22.9 Å². The van der Waals surface area contributed by atoms with Gasteiger partial charge in [-0.1, -0.05) is 0 Å². The number of sulfonamides is 1. The number of hydrogen-bond acceptors (Lipinski definition) is 7. The Morgan fingerprint density at radius 2 is 2.19 bits per heavy atom. The smallest absolute Gasteiger partial charge is 0.349 e. The van der Waals surface area contributed by atoms with Gasteiger partial charge in [-0.2, -0.15) is 0 Å². The van der Waals surface area contributed by atoms with Crippen LogP contribution in [-0.4, -0.2) is 33.0 Å². The fourth-order valence-corrected chi connectivity index (χ4v) is 5.07. The van der Waals surface area contributed by atoms with Gasteiger partial charge < -0.3 is 4.74 Å². The van der Waals surface area contributed by atoms with Crippen molar-refractivity contribution in [3.05, 3.63) is 32.4 Å². The maximum atomic E-state index is 12.4. The SMILES string of the molecule is COC(=O)c1scc(C)c1S(=O)(=O)NCCc1cscn1. The van der Waals surface area contributed by atoms with Gasteiger partial charge in [-0.3, -0.25) is 0 Å². The molecule has 0 fully saturated rings. The first-order valence-corrected chi connectivity index (χ1v) is 9.29. The Morgan fingerprint density at radius 1 is 1.43 bits per heavy atom. The van der Waals surface area contributed by atoms with Gasteiger partial charge in [0.05, 0.1) is 18.3 Å². The monoisotopic (exact) mass is 346 g/mol. The van der Waals surface area contributed by atoms with Crippen molar-refractivity contribution in [1.82, 2.24) is 9.71 Å². The zero-order valence-electron chi connectivity index (χ0n) is 11.5. The summed E-state index contributed by atoms with van der Waals surface area (Å²) in [6.07, 6.45) is 0.499. The number of carbonyl (C=O) groups is 1. The van der Waals surface area contributed by atoms with Crippen molar-refractivity contribution < 1.29 is 17.9 Å². The van der Waals surface area contributed by atoms with E-state index in [1.54, 1.807) is 17.8 Å². The molecule has 114 valence electrons. The largest absolute Gasteiger partial charge is 0.465 e. The zero-order valence-corrected chi connectivity index (χ0v) is 13.9. The van der Waals surface area contributed by atoms with Crippen molar-refractivity contribution in [3.8, 4) is 0 Å². The number of nitrogens with zero attached hydrogens (tertiary/aromatic N) is 1. The molecular weight excluding hydrogens is 332 g/mol. The molecule has 0 saturated heterocycles. The van der Waals surface area contributed by atoms with Crippen LogP contribution >= 0.6 is 22.7 Å². The molecule has 0 aliphatic rings. The van der Waals surface area contributed by atoms with E-state index >= 15 is 0 Å². The van der Waals surface area contributed by atoms with Crippen LogP contribution in [0.5, 0.6) is 0 Å². The van der Waals surface area contributed by atoms with Gasteiger partial charge in [0.2, 0.25) is 10.0 Å². The first kappa shape index (κ1) is 16.1. The van der Waals surface area contributed by atoms with Crippen LogP contribution in [0.1, 0.15) is 20.9 Å². The lowest BCUT2D eigenvalue weighted by Crippen LogP contribution is -2.27. The first-order valence-electron chi connectivity index (χ1n) is 5.99. The Balaban J connectivity index is 2.15. The van der Waals surface area contributed by atoms with E-state index < -0.39 is 16.0 Å². The number of esters is 1. The highest BCUT2D eigenvalue weighted by molar-refractivity contribution is 7.89. The van der Waals surface area contributed by atoms with Gasteiger partial charge in [-0.05, 0) is 17.9 Å². The third kappa shape index (κ3) is 3.67. The van der Waals surface area contributed by atoms with E-state index in [1.165, 1.54) is 18.4 Å². The lowest BCUT2D eigenvalue weighted by Gasteiger charge is -2.07. The maximum absolute atomic E-state index is 12.4. The Bertz CT molecular complexity index is 720. The van der Waals surface area contributed by atoms with Crippen LogP contribution < -0.4 is 4.72 Å². The quantitative estimate of drug-likeness (QED) is 0.807. The molecule has 1 N–H and O–H groups in total. The number of thiophene rings is 1. The molecule has 0 spiro atoms. The molecule has 2 heterocycles. The van der Waals surface area contributed by atoms with Crippen molar-refractivity contribution in [1.29, 1.82) is 0 Å². The molecule has 0 aromatic carbocycles. The molecule has 2 aromatic rings. The summed E-state index contributed by atoms with van der Waals surface area (Å²) < 4.78 is 31.8. The zero-order chi connectivity index (χ0) is 15.5. The van der Waals surface area contributed by atoms with Gasteiger partial charge in [0.15, 0.2) is 0 Å². The van der Waals surface area contributed by atoms with Crippen LogP contribution in [0.3, 0.4) is 0 Å². The summed E-state index contributed by atoms with van der Waals surface area (Å²) in [4.78, 5) is 15.8. The summed E-state index contributed by atoms with van der Waals surface area (Å²) in [6.45, 7) is 1.87. The van der Waals surface area contributed by atoms with Gasteiger partial charge in [0.1, 0.15) is 9.77 Å². The molecule has 0 bridgehead atoms. The fraction of sp³-hybridized carbons (Fsp3) is 0.333. The normalized spacial score (nSPS) is 11.5. The van der Waals surface area contributed by atoms with Crippen LogP contribution in [0.4, 0.5) is 0 Å². The molecule has 0 aliphatic carbocycles. The van der Waals surface area contributed by atoms with E-state index in [9.17, 15) is 13.2 Å². The molecule has 2 rings (SSSR count). The number of carbonyl (C=O) groups excluding carboxylic acids is 1. The van der Waals surface area contributed by atoms with E-state index in [2.05, 4.69) is 14.4 Å². The van der Waals surface area contributed by atoms with Crippen molar-refractivity contribution in [2.24, 2.45) is 0 Å². The summed E-state index contributed by atoms with van der Waals surface area (Å²) in [5.74, 6) is -0.645. The van der Waals surface area contributed by atoms with Gasteiger partial charge in [-0.15, -0.1) is 22.7 Å². The van der Waals surface area contributed by atoms with E-state index in [4.69, 9.17) is 0 Å². The number of hydrogen-bond donors (Lipinski definition) is 1. The van der Waals surface area contributed by atoms with Crippen molar-refractivity contribution >= 4 is 38.7 Å². The molecule has 0 amide bonds. The molecule has 2 aromatic heterocycles. The molecule has 21 heavy (non-hydrogen) atoms. The van der Waals surface area contributed by atoms with Crippen molar-refractivity contribution in [3.63, 3.8) is 0 Å². The number of ether oxygens (including phenoxy) is 1. The van der Waals surface area contributed by atoms with Crippen LogP contribution in [0, 0.1) is 6.92 Å². The average Bonchev–Trinajstić information content (AvgIpc) is 3.07. The Hall–Kier alpha value is -1.29. The average molecular weight is 346 g/mol. The number of methoxy groups -OCH3 is 1. The molecule has 0 atom stereocenters. The molecule has 0 unspecified atom stereocenters. The van der Waals surface area contributed by atoms with Crippen LogP contribution in [0.2, 0.25) is 0 Å². The molecule has 0 radical (unpaired) electrons. The minimum Gasteiger partial charge on any atom is -0.465 e. The highest BCUT2D eigenvalue weighted by atomic mass is 32.2. The second-order valence-corrected chi connectivity index (χ2v) is 7.50. The van der Waals surface area contributed by atoms with E-state index in [1.807, 2.05) is 5.38 Å². The highest BCUT2D eigenvalue weighted by Crippen LogP contribution is 2.27. The summed E-state index contributed by atoms with van der Waals surface area (Å²) >= 11 is 2.52. The van der Waals surface area contributed by atoms with Gasteiger partial charge in [0, 0.05) is 18.3 Å². The number of nitrogens with one attached hydrogen (secondary N) is 1. The predicted octanol–water partition coefficient (Wildman–Crippen LogP) is 1.82. The van der Waals surface area contributed by atoms with E-state index in [-0.39, 0.29) is 16.3 Å². The summed E-state index contributed by atoms with van der Waals surface area (Å²) in [5.41, 5.74) is 3.06. The first-order chi connectivity index (χ1) is 9.95. The fourth-order valence-electron chi connectivity index (χ4n) is 1.75. The van der Waals surface area contributed by atoms with Crippen LogP contribution in [0.25, 0.3) is 0 Å². The topological polar surface area (TPSA) is 85.4 Å². The van der Waals surface area contributed by atoms with E-state index in [0.29, 0.717) is 12.0 Å². The summed E-state index contributed by atoms with van der Waals surface area (Å²) in [6, 6.07) is 0. The summed E-state index contributed by atoms with van der Waals surface area (Å²) in [5, 5.41) is 3.49. The highest BCUT2D eigenvalue weighted by Gasteiger charge is 2.27. The third-order valence-electron chi connectivity index (χ3n) is 2.71. The molecular formula is C12H14N2O4S3. The Morgan fingerprint density at radius 3 is 2.81 bits per heavy atom. The van der Waals surface area contributed by atoms with Crippen LogP contribution in [0.15, 0.2) is 21.2 Å². The lowest BCUT2D eigenvalue weighted by molar-refractivity contribution is 0.0602. The van der Waals surface area contributed by atoms with Crippen LogP contribution in [-0.2, 0) is 21.2 Å². The van der Waals surface area contributed by atoms with Gasteiger partial charge >= 0.3 is 5.97 Å². The number of aryl methyl sites for hydroxylation is 1. The Labute approximate surface area is 130 Å². The standard InChI is InChI=1S/C12H14N2O4S3/c1-8-5-20-10(12(15)18-2)11(8)21(16,17)14-4-3-9-6-19-7-13-9/h5-7,14H,3-4H2,1-2H3. The van der Waals surface area contributed by atoms with Gasteiger partial charge in [0.25, 0.3) is 0 Å².